The lowest BCUT2D eigenvalue weighted by atomic mass is 10.1. The lowest BCUT2D eigenvalue weighted by molar-refractivity contribution is -0.0298. The highest BCUT2D eigenvalue weighted by molar-refractivity contribution is 5.35. The molecule has 0 bridgehead atoms. The summed E-state index contributed by atoms with van der Waals surface area (Å²) in [6, 6.07) is 16.4. The van der Waals surface area contributed by atoms with Crippen LogP contribution in [-0.4, -0.2) is 31.1 Å². The van der Waals surface area contributed by atoms with Gasteiger partial charge in [-0.1, -0.05) is 31.2 Å². The number of nitrogens with zero attached hydrogens (tertiary/aromatic N) is 1. The van der Waals surface area contributed by atoms with Crippen LogP contribution in [0, 0.1) is 6.92 Å². The van der Waals surface area contributed by atoms with Crippen molar-refractivity contribution >= 4 is 0 Å². The quantitative estimate of drug-likeness (QED) is 0.807. The van der Waals surface area contributed by atoms with Crippen LogP contribution in [0.2, 0.25) is 0 Å². The molecule has 0 saturated carbocycles. The summed E-state index contributed by atoms with van der Waals surface area (Å²) in [7, 11) is 0. The van der Waals surface area contributed by atoms with E-state index in [-0.39, 0.29) is 6.10 Å². The smallest absolute Gasteiger partial charge is 0.127 e. The van der Waals surface area contributed by atoms with E-state index >= 15 is 0 Å². The van der Waals surface area contributed by atoms with Crippen molar-refractivity contribution in [2.45, 2.75) is 26.4 Å². The van der Waals surface area contributed by atoms with E-state index in [9.17, 15) is 0 Å². The maximum absolute atomic E-state index is 5.93. The van der Waals surface area contributed by atoms with Crippen molar-refractivity contribution in [3.05, 3.63) is 59.7 Å². The Labute approximate surface area is 138 Å². The van der Waals surface area contributed by atoms with E-state index in [0.717, 1.165) is 37.7 Å². The average Bonchev–Trinajstić information content (AvgIpc) is 2.56. The monoisotopic (exact) mass is 311 g/mol. The van der Waals surface area contributed by atoms with Gasteiger partial charge in [0.15, 0.2) is 0 Å². The molecule has 1 saturated heterocycles. The van der Waals surface area contributed by atoms with Crippen molar-refractivity contribution in [3.63, 3.8) is 0 Å². The standard InChI is InChI=1S/C20H25NO2/c1-3-11-21-12-13-22-20(15-21)17-7-9-18(10-8-17)23-19-6-4-5-16(2)14-19/h4-10,14,20H,3,11-13,15H2,1-2H3. The van der Waals surface area contributed by atoms with Crippen molar-refractivity contribution in [3.8, 4) is 11.5 Å². The molecule has 1 heterocycles. The summed E-state index contributed by atoms with van der Waals surface area (Å²) in [4.78, 5) is 2.48. The summed E-state index contributed by atoms with van der Waals surface area (Å²) in [6.07, 6.45) is 1.36. The van der Waals surface area contributed by atoms with Crippen molar-refractivity contribution < 1.29 is 9.47 Å². The molecule has 2 aromatic carbocycles. The Hall–Kier alpha value is -1.84. The fourth-order valence-corrected chi connectivity index (χ4v) is 2.99. The number of ether oxygens (including phenoxy) is 2. The molecular formula is C20H25NO2. The predicted octanol–water partition coefficient (Wildman–Crippen LogP) is 4.57. The minimum atomic E-state index is 0.170. The highest BCUT2D eigenvalue weighted by atomic mass is 16.5. The Morgan fingerprint density at radius 3 is 2.70 bits per heavy atom. The first-order valence-corrected chi connectivity index (χ1v) is 8.43. The molecule has 1 fully saturated rings. The van der Waals surface area contributed by atoms with Crippen LogP contribution in [0.1, 0.15) is 30.6 Å². The number of aryl methyl sites for hydroxylation is 1. The van der Waals surface area contributed by atoms with E-state index in [4.69, 9.17) is 9.47 Å². The number of benzene rings is 2. The van der Waals surface area contributed by atoms with Crippen molar-refractivity contribution in [2.24, 2.45) is 0 Å². The molecule has 0 aromatic heterocycles. The molecule has 0 spiro atoms. The van der Waals surface area contributed by atoms with Gasteiger partial charge in [0.25, 0.3) is 0 Å². The van der Waals surface area contributed by atoms with E-state index in [2.05, 4.69) is 36.9 Å². The van der Waals surface area contributed by atoms with Crippen LogP contribution in [0.5, 0.6) is 11.5 Å². The molecule has 1 unspecified atom stereocenters. The second-order valence-electron chi connectivity index (χ2n) is 6.15. The molecule has 23 heavy (non-hydrogen) atoms. The maximum Gasteiger partial charge on any atom is 0.127 e. The van der Waals surface area contributed by atoms with E-state index < -0.39 is 0 Å². The third-order valence-corrected chi connectivity index (χ3v) is 4.17. The van der Waals surface area contributed by atoms with E-state index in [0.29, 0.717) is 0 Å². The van der Waals surface area contributed by atoms with Crippen LogP contribution in [0.25, 0.3) is 0 Å². The molecule has 1 aliphatic rings. The second-order valence-corrected chi connectivity index (χ2v) is 6.15. The highest BCUT2D eigenvalue weighted by Crippen LogP contribution is 2.27. The van der Waals surface area contributed by atoms with Gasteiger partial charge in [0.1, 0.15) is 11.5 Å². The molecule has 0 amide bonds. The Morgan fingerprint density at radius 1 is 1.13 bits per heavy atom. The zero-order chi connectivity index (χ0) is 16.1. The summed E-state index contributed by atoms with van der Waals surface area (Å²) in [6.45, 7) is 8.27. The largest absolute Gasteiger partial charge is 0.457 e. The van der Waals surface area contributed by atoms with Gasteiger partial charge in [-0.3, -0.25) is 4.90 Å². The third-order valence-electron chi connectivity index (χ3n) is 4.17. The van der Waals surface area contributed by atoms with E-state index in [1.54, 1.807) is 0 Å². The molecule has 3 nitrogen and oxygen atoms in total. The third kappa shape index (κ3) is 4.34. The van der Waals surface area contributed by atoms with Gasteiger partial charge in [0.2, 0.25) is 0 Å². The van der Waals surface area contributed by atoms with Gasteiger partial charge >= 0.3 is 0 Å². The molecule has 1 atom stereocenters. The molecule has 0 aliphatic carbocycles. The zero-order valence-corrected chi connectivity index (χ0v) is 14.0. The molecule has 3 heteroatoms. The van der Waals surface area contributed by atoms with Crippen LogP contribution < -0.4 is 4.74 Å². The number of rotatable bonds is 5. The van der Waals surface area contributed by atoms with Crippen LogP contribution in [-0.2, 0) is 4.74 Å². The van der Waals surface area contributed by atoms with Gasteiger partial charge in [0, 0.05) is 13.1 Å². The first-order chi connectivity index (χ1) is 11.2. The predicted molar refractivity (Wildman–Crippen MR) is 93.1 cm³/mol. The van der Waals surface area contributed by atoms with Gasteiger partial charge in [0.05, 0.1) is 12.7 Å². The minimum Gasteiger partial charge on any atom is -0.457 e. The number of hydrogen-bond acceptors (Lipinski definition) is 3. The average molecular weight is 311 g/mol. The van der Waals surface area contributed by atoms with E-state index in [1.165, 1.54) is 17.5 Å². The molecule has 3 rings (SSSR count). The van der Waals surface area contributed by atoms with Gasteiger partial charge in [-0.05, 0) is 55.3 Å². The molecular weight excluding hydrogens is 286 g/mol. The Balaban J connectivity index is 1.64. The lowest BCUT2D eigenvalue weighted by Gasteiger charge is -2.33. The number of morpholine rings is 1. The Kier molecular flexibility index (Phi) is 5.31. The van der Waals surface area contributed by atoms with E-state index in [1.807, 2.05) is 30.3 Å². The van der Waals surface area contributed by atoms with Crippen molar-refractivity contribution in [1.82, 2.24) is 4.90 Å². The summed E-state index contributed by atoms with van der Waals surface area (Å²) in [5, 5.41) is 0. The van der Waals surface area contributed by atoms with Gasteiger partial charge in [-0.25, -0.2) is 0 Å². The van der Waals surface area contributed by atoms with Crippen molar-refractivity contribution in [2.75, 3.05) is 26.2 Å². The molecule has 0 N–H and O–H groups in total. The maximum atomic E-state index is 5.93. The fourth-order valence-electron chi connectivity index (χ4n) is 2.99. The fraction of sp³-hybridized carbons (Fsp3) is 0.400. The Bertz CT molecular complexity index is 622. The molecule has 0 radical (unpaired) electrons. The Morgan fingerprint density at radius 2 is 1.96 bits per heavy atom. The SMILES string of the molecule is CCCN1CCOC(c2ccc(Oc3cccc(C)c3)cc2)C1. The molecule has 122 valence electrons. The van der Waals surface area contributed by atoms with Gasteiger partial charge < -0.3 is 9.47 Å². The summed E-state index contributed by atoms with van der Waals surface area (Å²) in [5.41, 5.74) is 2.42. The zero-order valence-electron chi connectivity index (χ0n) is 14.0. The first-order valence-electron chi connectivity index (χ1n) is 8.43. The summed E-state index contributed by atoms with van der Waals surface area (Å²) in [5.74, 6) is 1.74. The van der Waals surface area contributed by atoms with Crippen LogP contribution >= 0.6 is 0 Å². The normalized spacial score (nSPS) is 18.8. The topological polar surface area (TPSA) is 21.7 Å². The highest BCUT2D eigenvalue weighted by Gasteiger charge is 2.21. The molecule has 1 aliphatic heterocycles. The first kappa shape index (κ1) is 16.0. The molecule has 2 aromatic rings. The van der Waals surface area contributed by atoms with Crippen LogP contribution in [0.15, 0.2) is 48.5 Å². The summed E-state index contributed by atoms with van der Waals surface area (Å²) < 4.78 is 11.8. The van der Waals surface area contributed by atoms with Crippen LogP contribution in [0.3, 0.4) is 0 Å². The van der Waals surface area contributed by atoms with Crippen LogP contribution in [0.4, 0.5) is 0 Å². The van der Waals surface area contributed by atoms with Gasteiger partial charge in [-0.15, -0.1) is 0 Å². The summed E-state index contributed by atoms with van der Waals surface area (Å²) >= 11 is 0. The number of hydrogen-bond donors (Lipinski definition) is 0. The second kappa shape index (κ2) is 7.62. The minimum absolute atomic E-state index is 0.170. The van der Waals surface area contributed by atoms with Gasteiger partial charge in [-0.2, -0.15) is 0 Å². The van der Waals surface area contributed by atoms with Crippen molar-refractivity contribution in [1.29, 1.82) is 0 Å². The lowest BCUT2D eigenvalue weighted by Crippen LogP contribution is -2.38.